The lowest BCUT2D eigenvalue weighted by Crippen LogP contribution is -2.58. The van der Waals surface area contributed by atoms with Crippen LogP contribution in [0.4, 0.5) is 0 Å². The summed E-state index contributed by atoms with van der Waals surface area (Å²) < 4.78 is 0. The minimum atomic E-state index is 0.272. The summed E-state index contributed by atoms with van der Waals surface area (Å²) >= 11 is 0. The van der Waals surface area contributed by atoms with E-state index in [0.29, 0.717) is 17.5 Å². The predicted octanol–water partition coefficient (Wildman–Crippen LogP) is 5.09. The van der Waals surface area contributed by atoms with E-state index in [2.05, 4.69) is 26.1 Å². The van der Waals surface area contributed by atoms with Crippen LogP contribution in [0.25, 0.3) is 0 Å². The van der Waals surface area contributed by atoms with E-state index in [9.17, 15) is 4.79 Å². The maximum Gasteiger partial charge on any atom is 0.207 e. The van der Waals surface area contributed by atoms with Crippen LogP contribution in [-0.2, 0) is 9.59 Å². The standard InChI is InChI=1S/C20H36N2O.C2H4O.C2H6/c1-4-5-11-20(3)16-10-12-19(2)15(7-8-17(19)21)14(16)6-9-18(20)22-13-23;1-2-3;1-2/h13-18H,4-12,21H2,1-3H3,(H,22,23);2H,1H3;1-2H3. The monoisotopic (exact) mass is 394 g/mol. The van der Waals surface area contributed by atoms with Gasteiger partial charge in [0.2, 0.25) is 6.41 Å². The zero-order valence-electron chi connectivity index (χ0n) is 19.3. The van der Waals surface area contributed by atoms with Gasteiger partial charge in [0.1, 0.15) is 6.29 Å². The van der Waals surface area contributed by atoms with Crippen molar-refractivity contribution in [1.82, 2.24) is 5.32 Å². The third kappa shape index (κ3) is 4.80. The smallest absolute Gasteiger partial charge is 0.207 e. The highest BCUT2D eigenvalue weighted by Crippen LogP contribution is 2.63. The van der Waals surface area contributed by atoms with Crippen molar-refractivity contribution in [2.45, 2.75) is 111 Å². The Labute approximate surface area is 173 Å². The van der Waals surface area contributed by atoms with Crippen LogP contribution in [0.15, 0.2) is 0 Å². The van der Waals surface area contributed by atoms with Gasteiger partial charge in [0.05, 0.1) is 0 Å². The lowest BCUT2D eigenvalue weighted by molar-refractivity contribution is -0.116. The van der Waals surface area contributed by atoms with Crippen molar-refractivity contribution in [2.24, 2.45) is 34.3 Å². The van der Waals surface area contributed by atoms with Gasteiger partial charge < -0.3 is 15.8 Å². The van der Waals surface area contributed by atoms with Crippen molar-refractivity contribution < 1.29 is 9.59 Å². The Balaban J connectivity index is 0.000000717. The van der Waals surface area contributed by atoms with Gasteiger partial charge in [0.15, 0.2) is 0 Å². The second-order valence-electron chi connectivity index (χ2n) is 9.36. The van der Waals surface area contributed by atoms with E-state index >= 15 is 0 Å². The Bertz CT molecular complexity index is 483. The molecule has 0 aromatic heterocycles. The first-order chi connectivity index (χ1) is 13.4. The molecule has 3 N–H and O–H groups in total. The first-order valence-corrected chi connectivity index (χ1v) is 11.7. The molecule has 7 atom stereocenters. The number of hydrogen-bond acceptors (Lipinski definition) is 3. The van der Waals surface area contributed by atoms with Crippen LogP contribution in [0.1, 0.15) is 99.3 Å². The van der Waals surface area contributed by atoms with Crippen LogP contribution in [0.3, 0.4) is 0 Å². The Kier molecular flexibility index (Phi) is 10.2. The van der Waals surface area contributed by atoms with Crippen molar-refractivity contribution in [2.75, 3.05) is 0 Å². The van der Waals surface area contributed by atoms with E-state index < -0.39 is 0 Å². The lowest BCUT2D eigenvalue weighted by atomic mass is 9.48. The zero-order valence-corrected chi connectivity index (χ0v) is 19.3. The molecule has 0 spiro atoms. The molecule has 0 saturated heterocycles. The summed E-state index contributed by atoms with van der Waals surface area (Å²) in [7, 11) is 0. The molecule has 4 nitrogen and oxygen atoms in total. The van der Waals surface area contributed by atoms with Crippen molar-refractivity contribution in [1.29, 1.82) is 0 Å². The largest absolute Gasteiger partial charge is 0.355 e. The van der Waals surface area contributed by atoms with Crippen LogP contribution in [0.2, 0.25) is 0 Å². The van der Waals surface area contributed by atoms with E-state index in [0.717, 1.165) is 36.9 Å². The Morgan fingerprint density at radius 2 is 1.68 bits per heavy atom. The van der Waals surface area contributed by atoms with Crippen LogP contribution >= 0.6 is 0 Å². The Morgan fingerprint density at radius 3 is 2.25 bits per heavy atom. The van der Waals surface area contributed by atoms with Gasteiger partial charge in [-0.25, -0.2) is 0 Å². The molecule has 4 heteroatoms. The van der Waals surface area contributed by atoms with Crippen molar-refractivity contribution in [3.05, 3.63) is 0 Å². The van der Waals surface area contributed by atoms with Gasteiger partial charge in [0.25, 0.3) is 0 Å². The molecule has 3 fully saturated rings. The molecule has 3 rings (SSSR count). The quantitative estimate of drug-likeness (QED) is 0.638. The van der Waals surface area contributed by atoms with E-state index in [-0.39, 0.29) is 5.41 Å². The highest BCUT2D eigenvalue weighted by atomic mass is 16.1. The third-order valence-corrected chi connectivity index (χ3v) is 8.28. The summed E-state index contributed by atoms with van der Waals surface area (Å²) in [5.74, 6) is 2.41. The average Bonchev–Trinajstić information content (AvgIpc) is 3.00. The summed E-state index contributed by atoms with van der Waals surface area (Å²) in [6.45, 7) is 12.7. The van der Waals surface area contributed by atoms with E-state index in [4.69, 9.17) is 10.5 Å². The summed E-state index contributed by atoms with van der Waals surface area (Å²) in [6.07, 6.45) is 13.0. The highest BCUT2D eigenvalue weighted by molar-refractivity contribution is 5.47. The molecular weight excluding hydrogens is 348 g/mol. The number of rotatable bonds is 5. The fourth-order valence-corrected chi connectivity index (χ4v) is 6.77. The maximum atomic E-state index is 11.1. The molecule has 3 saturated carbocycles. The van der Waals surface area contributed by atoms with Crippen LogP contribution < -0.4 is 11.1 Å². The molecule has 0 aliphatic heterocycles. The van der Waals surface area contributed by atoms with Crippen molar-refractivity contribution in [3.8, 4) is 0 Å². The molecule has 0 aromatic carbocycles. The van der Waals surface area contributed by atoms with Crippen LogP contribution in [0, 0.1) is 28.6 Å². The second kappa shape index (κ2) is 11.3. The molecule has 1 amide bonds. The number of aldehydes is 1. The highest BCUT2D eigenvalue weighted by Gasteiger charge is 2.58. The molecule has 0 heterocycles. The van der Waals surface area contributed by atoms with Gasteiger partial charge in [0, 0.05) is 12.1 Å². The second-order valence-corrected chi connectivity index (χ2v) is 9.36. The number of fused-ring (bicyclic) bond motifs is 3. The van der Waals surface area contributed by atoms with Gasteiger partial charge in [-0.1, -0.05) is 47.5 Å². The van der Waals surface area contributed by atoms with Crippen LogP contribution in [-0.4, -0.2) is 24.8 Å². The number of hydrogen-bond donors (Lipinski definition) is 2. The number of nitrogens with one attached hydrogen (secondary N) is 1. The summed E-state index contributed by atoms with van der Waals surface area (Å²) in [5, 5.41) is 3.19. The normalized spacial score (nSPS) is 41.2. The number of unbranched alkanes of at least 4 members (excludes halogenated alkanes) is 1. The molecule has 0 bridgehead atoms. The molecule has 3 aliphatic carbocycles. The molecule has 164 valence electrons. The Hall–Kier alpha value is -0.900. The molecule has 3 aliphatic rings. The van der Waals surface area contributed by atoms with Gasteiger partial charge in [-0.15, -0.1) is 0 Å². The van der Waals surface area contributed by atoms with Gasteiger partial charge in [-0.3, -0.25) is 4.79 Å². The van der Waals surface area contributed by atoms with Gasteiger partial charge in [-0.05, 0) is 80.5 Å². The number of nitrogens with two attached hydrogens (primary N) is 1. The number of carbonyl (C=O) groups is 2. The summed E-state index contributed by atoms with van der Waals surface area (Å²) in [5.41, 5.74) is 7.15. The Morgan fingerprint density at radius 1 is 1.04 bits per heavy atom. The fourth-order valence-electron chi connectivity index (χ4n) is 6.77. The van der Waals surface area contributed by atoms with E-state index in [1.807, 2.05) is 13.8 Å². The summed E-state index contributed by atoms with van der Waals surface area (Å²) in [6, 6.07) is 0.772. The van der Waals surface area contributed by atoms with E-state index in [1.165, 1.54) is 58.3 Å². The van der Waals surface area contributed by atoms with Gasteiger partial charge >= 0.3 is 0 Å². The molecule has 0 aromatic rings. The van der Waals surface area contributed by atoms with E-state index in [1.54, 1.807) is 0 Å². The minimum Gasteiger partial charge on any atom is -0.355 e. The predicted molar refractivity (Wildman–Crippen MR) is 118 cm³/mol. The first-order valence-electron chi connectivity index (χ1n) is 11.7. The fraction of sp³-hybridized carbons (Fsp3) is 0.917. The topological polar surface area (TPSA) is 72.2 Å². The minimum absolute atomic E-state index is 0.272. The maximum absolute atomic E-state index is 11.1. The SMILES string of the molecule is CC.CC=O.CCCCC1(C)C(NC=O)CCC2C3CCC(N)C3(C)CCC21. The molecular formula is C24H46N2O2. The third-order valence-electron chi connectivity index (χ3n) is 8.28. The lowest BCUT2D eigenvalue weighted by Gasteiger charge is -2.59. The molecule has 0 radical (unpaired) electrons. The molecule has 7 unspecified atom stereocenters. The first kappa shape index (κ1) is 25.1. The average molecular weight is 395 g/mol. The number of carbonyl (C=O) groups excluding carboxylic acids is 2. The number of amides is 1. The van der Waals surface area contributed by atoms with Crippen LogP contribution in [0.5, 0.6) is 0 Å². The van der Waals surface area contributed by atoms with Crippen molar-refractivity contribution in [3.63, 3.8) is 0 Å². The van der Waals surface area contributed by atoms with Crippen molar-refractivity contribution >= 4 is 12.7 Å². The summed E-state index contributed by atoms with van der Waals surface area (Å²) in [4.78, 5) is 19.9. The van der Waals surface area contributed by atoms with Gasteiger partial charge in [-0.2, -0.15) is 0 Å². The molecule has 28 heavy (non-hydrogen) atoms. The zero-order chi connectivity index (χ0) is 21.4.